The van der Waals surface area contributed by atoms with E-state index in [0.717, 1.165) is 32.5 Å². The minimum absolute atomic E-state index is 0.191. The van der Waals surface area contributed by atoms with Crippen molar-refractivity contribution in [3.8, 4) is 0 Å². The summed E-state index contributed by atoms with van der Waals surface area (Å²) in [4.78, 5) is 14.2. The minimum atomic E-state index is 0.191. The Balaban J connectivity index is 1.84. The summed E-state index contributed by atoms with van der Waals surface area (Å²) in [5.74, 6) is 0.841. The zero-order chi connectivity index (χ0) is 12.8. The first kappa shape index (κ1) is 13.8. The maximum absolute atomic E-state index is 12.2. The van der Waals surface area contributed by atoms with Crippen molar-refractivity contribution >= 4 is 5.91 Å². The molecule has 2 saturated heterocycles. The smallest absolute Gasteiger partial charge is 0.248 e. The zero-order valence-electron chi connectivity index (χ0n) is 11.5. The second-order valence-electron chi connectivity index (χ2n) is 5.46. The number of nitrogens with zero attached hydrogens (tertiary/aromatic N) is 1. The summed E-state index contributed by atoms with van der Waals surface area (Å²) in [6.07, 6.45) is 5.81. The van der Waals surface area contributed by atoms with E-state index in [-0.39, 0.29) is 12.5 Å². The molecule has 0 aromatic rings. The van der Waals surface area contributed by atoms with Gasteiger partial charge in [0.1, 0.15) is 6.61 Å². The van der Waals surface area contributed by atoms with E-state index in [1.807, 2.05) is 0 Å². The first-order valence-electron chi connectivity index (χ1n) is 7.41. The molecule has 18 heavy (non-hydrogen) atoms. The lowest BCUT2D eigenvalue weighted by Crippen LogP contribution is -2.46. The predicted octanol–water partition coefficient (Wildman–Crippen LogP) is 1.40. The molecule has 0 saturated carbocycles. The van der Waals surface area contributed by atoms with E-state index in [9.17, 15) is 4.79 Å². The van der Waals surface area contributed by atoms with Crippen LogP contribution in [0.5, 0.6) is 0 Å². The average molecular weight is 254 g/mol. The number of ether oxygens (including phenoxy) is 1. The Kier molecular flexibility index (Phi) is 5.45. The van der Waals surface area contributed by atoms with Gasteiger partial charge in [0.2, 0.25) is 5.91 Å². The maximum atomic E-state index is 12.2. The Morgan fingerprint density at radius 1 is 1.39 bits per heavy atom. The molecule has 2 heterocycles. The van der Waals surface area contributed by atoms with Crippen molar-refractivity contribution in [3.05, 3.63) is 0 Å². The molecule has 4 nitrogen and oxygen atoms in total. The van der Waals surface area contributed by atoms with Gasteiger partial charge in [0.25, 0.3) is 0 Å². The van der Waals surface area contributed by atoms with Crippen LogP contribution in [0.15, 0.2) is 0 Å². The first-order valence-corrected chi connectivity index (χ1v) is 7.41. The first-order chi connectivity index (χ1) is 8.83. The van der Waals surface area contributed by atoms with Crippen LogP contribution in [0.25, 0.3) is 0 Å². The Bertz CT molecular complexity index is 265. The van der Waals surface area contributed by atoms with Gasteiger partial charge in [-0.2, -0.15) is 0 Å². The molecule has 104 valence electrons. The number of piperidine rings is 1. The van der Waals surface area contributed by atoms with E-state index in [2.05, 4.69) is 17.1 Å². The molecule has 0 aromatic heterocycles. The quantitative estimate of drug-likeness (QED) is 0.754. The molecule has 0 bridgehead atoms. The van der Waals surface area contributed by atoms with Crippen molar-refractivity contribution in [1.29, 1.82) is 0 Å². The van der Waals surface area contributed by atoms with E-state index in [1.54, 1.807) is 0 Å². The fourth-order valence-corrected chi connectivity index (χ4v) is 3.19. The lowest BCUT2D eigenvalue weighted by molar-refractivity contribution is -0.138. The Morgan fingerprint density at radius 3 is 3.00 bits per heavy atom. The van der Waals surface area contributed by atoms with Crippen molar-refractivity contribution in [2.75, 3.05) is 32.8 Å². The number of nitrogens with one attached hydrogen (secondary N) is 1. The highest BCUT2D eigenvalue weighted by atomic mass is 16.5. The number of rotatable bonds is 5. The van der Waals surface area contributed by atoms with Gasteiger partial charge >= 0.3 is 0 Å². The van der Waals surface area contributed by atoms with Gasteiger partial charge in [-0.15, -0.1) is 0 Å². The van der Waals surface area contributed by atoms with Gasteiger partial charge in [-0.05, 0) is 51.1 Å². The van der Waals surface area contributed by atoms with E-state index < -0.39 is 0 Å². The molecule has 0 radical (unpaired) electrons. The third-order valence-corrected chi connectivity index (χ3v) is 4.07. The molecule has 0 spiro atoms. The molecule has 1 N–H and O–H groups in total. The molecule has 1 amide bonds. The van der Waals surface area contributed by atoms with Gasteiger partial charge in [-0.3, -0.25) is 4.79 Å². The summed E-state index contributed by atoms with van der Waals surface area (Å²) >= 11 is 0. The van der Waals surface area contributed by atoms with Gasteiger partial charge in [0.15, 0.2) is 0 Å². The van der Waals surface area contributed by atoms with Gasteiger partial charge < -0.3 is 15.0 Å². The van der Waals surface area contributed by atoms with Crippen molar-refractivity contribution in [1.82, 2.24) is 10.2 Å². The van der Waals surface area contributed by atoms with Crippen LogP contribution in [0.2, 0.25) is 0 Å². The molecule has 4 heteroatoms. The Hall–Kier alpha value is -0.610. The standard InChI is InChI=1S/C14H26N2O2/c1-2-9-18-11-14(17)16-8-4-6-13(16)12-5-3-7-15-10-12/h12-13,15H,2-11H2,1H3. The fraction of sp³-hybridized carbons (Fsp3) is 0.929. The van der Waals surface area contributed by atoms with Crippen molar-refractivity contribution in [2.24, 2.45) is 5.92 Å². The van der Waals surface area contributed by atoms with Crippen LogP contribution < -0.4 is 5.32 Å². The second kappa shape index (κ2) is 7.10. The highest BCUT2D eigenvalue weighted by Gasteiger charge is 2.34. The lowest BCUT2D eigenvalue weighted by atomic mass is 9.90. The van der Waals surface area contributed by atoms with E-state index in [1.165, 1.54) is 19.3 Å². The Morgan fingerprint density at radius 2 is 2.28 bits per heavy atom. The third kappa shape index (κ3) is 3.45. The van der Waals surface area contributed by atoms with Gasteiger partial charge in [-0.25, -0.2) is 0 Å². The predicted molar refractivity (Wildman–Crippen MR) is 71.4 cm³/mol. The number of carbonyl (C=O) groups excluding carboxylic acids is 1. The van der Waals surface area contributed by atoms with Crippen LogP contribution >= 0.6 is 0 Å². The van der Waals surface area contributed by atoms with E-state index in [4.69, 9.17) is 4.74 Å². The number of hydrogen-bond donors (Lipinski definition) is 1. The summed E-state index contributed by atoms with van der Waals surface area (Å²) in [7, 11) is 0. The average Bonchev–Trinajstić information content (AvgIpc) is 2.89. The van der Waals surface area contributed by atoms with Gasteiger partial charge in [0, 0.05) is 19.2 Å². The number of carbonyl (C=O) groups is 1. The summed E-state index contributed by atoms with van der Waals surface area (Å²) in [6.45, 7) is 6.16. The normalized spacial score (nSPS) is 28.6. The van der Waals surface area contributed by atoms with E-state index >= 15 is 0 Å². The molecule has 2 atom stereocenters. The summed E-state index contributed by atoms with van der Waals surface area (Å²) in [6, 6.07) is 0.454. The Labute approximate surface area is 110 Å². The fourth-order valence-electron chi connectivity index (χ4n) is 3.19. The van der Waals surface area contributed by atoms with Crippen LogP contribution in [-0.4, -0.2) is 49.7 Å². The van der Waals surface area contributed by atoms with Crippen LogP contribution in [0, 0.1) is 5.92 Å². The zero-order valence-corrected chi connectivity index (χ0v) is 11.5. The molecular formula is C14H26N2O2. The van der Waals surface area contributed by atoms with Crippen LogP contribution in [0.1, 0.15) is 39.0 Å². The maximum Gasteiger partial charge on any atom is 0.248 e. The molecule has 2 aliphatic rings. The molecule has 0 aromatic carbocycles. The molecule has 2 unspecified atom stereocenters. The highest BCUT2D eigenvalue weighted by Crippen LogP contribution is 2.28. The largest absolute Gasteiger partial charge is 0.372 e. The SMILES string of the molecule is CCCOCC(=O)N1CCCC1C1CCCNC1. The molecular weight excluding hydrogens is 228 g/mol. The van der Waals surface area contributed by atoms with Crippen LogP contribution in [-0.2, 0) is 9.53 Å². The van der Waals surface area contributed by atoms with Crippen LogP contribution in [0.3, 0.4) is 0 Å². The van der Waals surface area contributed by atoms with Crippen molar-refractivity contribution < 1.29 is 9.53 Å². The molecule has 2 fully saturated rings. The third-order valence-electron chi connectivity index (χ3n) is 4.07. The minimum Gasteiger partial charge on any atom is -0.372 e. The van der Waals surface area contributed by atoms with Crippen molar-refractivity contribution in [3.63, 3.8) is 0 Å². The summed E-state index contributed by atoms with van der Waals surface area (Å²) < 4.78 is 5.39. The van der Waals surface area contributed by atoms with Gasteiger partial charge in [-0.1, -0.05) is 6.92 Å². The summed E-state index contributed by atoms with van der Waals surface area (Å²) in [5.41, 5.74) is 0. The lowest BCUT2D eigenvalue weighted by Gasteiger charge is -2.34. The second-order valence-corrected chi connectivity index (χ2v) is 5.46. The van der Waals surface area contributed by atoms with Gasteiger partial charge in [0.05, 0.1) is 0 Å². The monoisotopic (exact) mass is 254 g/mol. The number of amides is 1. The molecule has 0 aliphatic carbocycles. The topological polar surface area (TPSA) is 41.6 Å². The summed E-state index contributed by atoms with van der Waals surface area (Å²) in [5, 5.41) is 3.45. The van der Waals surface area contributed by atoms with Crippen LogP contribution in [0.4, 0.5) is 0 Å². The van der Waals surface area contributed by atoms with Crippen molar-refractivity contribution in [2.45, 2.75) is 45.1 Å². The number of likely N-dealkylation sites (tertiary alicyclic amines) is 1. The highest BCUT2D eigenvalue weighted by molar-refractivity contribution is 5.78. The molecule has 2 rings (SSSR count). The van der Waals surface area contributed by atoms with E-state index in [0.29, 0.717) is 18.6 Å². The number of hydrogen-bond acceptors (Lipinski definition) is 3. The molecule has 2 aliphatic heterocycles.